The van der Waals surface area contributed by atoms with Gasteiger partial charge in [-0.05, 0) is 0 Å². The Morgan fingerprint density at radius 3 is 1.29 bits per heavy atom. The van der Waals surface area contributed by atoms with E-state index >= 15 is 0 Å². The third kappa shape index (κ3) is 7.59. The molecule has 4 rings (SSSR count). The van der Waals surface area contributed by atoms with Gasteiger partial charge in [0.2, 0.25) is 0 Å². The largest absolute Gasteiger partial charge is 0.394 e. The average molecular weight is 667 g/mol. The molecule has 45 heavy (non-hydrogen) atoms. The standard InChI is InChI=1S/C24H42O21/c25-1-5-9(28)11(30)16(35)23(41-5)45-20-7(3-27)42-22(18(37)14(20)33)39-4-8-10(29)12(31)17(36)24(43-8)44-19-6(2-26)40-21(38)15(34)13(19)32/h5-38H,1-4H2/t5-,6-,7-,8-,9-,10-,11+,12+,13-,14-,15-,16-,17-,18-,19-,20-,21?,22-,23-,24-/m1/s1. The maximum absolute atomic E-state index is 10.8. The number of ether oxygens (including phenoxy) is 7. The van der Waals surface area contributed by atoms with E-state index in [4.69, 9.17) is 33.2 Å². The maximum Gasteiger partial charge on any atom is 0.187 e. The summed E-state index contributed by atoms with van der Waals surface area (Å²) in [4.78, 5) is 0. The molecule has 0 aromatic carbocycles. The molecule has 4 saturated heterocycles. The highest BCUT2D eigenvalue weighted by Gasteiger charge is 2.53. The van der Waals surface area contributed by atoms with Crippen LogP contribution in [0.4, 0.5) is 0 Å². The normalized spacial score (nSPS) is 52.9. The van der Waals surface area contributed by atoms with E-state index in [1.807, 2.05) is 0 Å². The minimum Gasteiger partial charge on any atom is -0.394 e. The van der Waals surface area contributed by atoms with Crippen LogP contribution in [0.25, 0.3) is 0 Å². The number of hydrogen-bond acceptors (Lipinski definition) is 21. The Bertz CT molecular complexity index is 912. The van der Waals surface area contributed by atoms with E-state index in [0.29, 0.717) is 0 Å². The van der Waals surface area contributed by atoms with E-state index < -0.39 is 149 Å². The molecule has 20 atom stereocenters. The van der Waals surface area contributed by atoms with Gasteiger partial charge >= 0.3 is 0 Å². The summed E-state index contributed by atoms with van der Waals surface area (Å²) in [7, 11) is 0. The second-order valence-electron chi connectivity index (χ2n) is 11.2. The van der Waals surface area contributed by atoms with Gasteiger partial charge in [0.25, 0.3) is 0 Å². The zero-order valence-electron chi connectivity index (χ0n) is 23.5. The summed E-state index contributed by atoms with van der Waals surface area (Å²) < 4.78 is 37.5. The van der Waals surface area contributed by atoms with E-state index in [1.54, 1.807) is 0 Å². The molecule has 0 saturated carbocycles. The van der Waals surface area contributed by atoms with E-state index in [-0.39, 0.29) is 0 Å². The van der Waals surface area contributed by atoms with Crippen molar-refractivity contribution in [3.05, 3.63) is 0 Å². The lowest BCUT2D eigenvalue weighted by Crippen LogP contribution is -2.65. The second kappa shape index (κ2) is 15.6. The summed E-state index contributed by atoms with van der Waals surface area (Å²) in [5.41, 5.74) is 0. The molecule has 21 heteroatoms. The predicted octanol–water partition coefficient (Wildman–Crippen LogP) is -9.75. The summed E-state index contributed by atoms with van der Waals surface area (Å²) >= 11 is 0. The minimum atomic E-state index is -1.94. The van der Waals surface area contributed by atoms with Crippen LogP contribution in [-0.4, -0.2) is 221 Å². The van der Waals surface area contributed by atoms with Gasteiger partial charge in [-0.1, -0.05) is 0 Å². The van der Waals surface area contributed by atoms with E-state index in [9.17, 15) is 71.5 Å². The molecule has 4 aliphatic rings. The van der Waals surface area contributed by atoms with E-state index in [2.05, 4.69) is 0 Å². The van der Waals surface area contributed by atoms with Crippen molar-refractivity contribution in [2.45, 2.75) is 123 Å². The predicted molar refractivity (Wildman–Crippen MR) is 134 cm³/mol. The summed E-state index contributed by atoms with van der Waals surface area (Å²) in [6.45, 7) is -3.15. The van der Waals surface area contributed by atoms with Crippen LogP contribution in [0.2, 0.25) is 0 Å². The van der Waals surface area contributed by atoms with Crippen LogP contribution in [0, 0.1) is 0 Å². The fourth-order valence-corrected chi connectivity index (χ4v) is 5.44. The summed E-state index contributed by atoms with van der Waals surface area (Å²) in [5, 5.41) is 142. The van der Waals surface area contributed by atoms with Gasteiger partial charge in [0.05, 0.1) is 26.4 Å². The molecule has 14 N–H and O–H groups in total. The number of aliphatic hydroxyl groups is 14. The Labute approximate surface area is 254 Å². The number of rotatable bonds is 10. The Morgan fingerprint density at radius 2 is 0.778 bits per heavy atom. The summed E-state index contributed by atoms with van der Waals surface area (Å²) in [6, 6.07) is 0. The zero-order valence-corrected chi connectivity index (χ0v) is 23.5. The number of aliphatic hydroxyl groups excluding tert-OH is 14. The maximum atomic E-state index is 10.8. The van der Waals surface area contributed by atoms with Crippen LogP contribution in [0.15, 0.2) is 0 Å². The minimum absolute atomic E-state index is 0.718. The first-order valence-electron chi connectivity index (χ1n) is 14.1. The first-order chi connectivity index (χ1) is 21.2. The molecule has 0 radical (unpaired) electrons. The molecule has 1 unspecified atom stereocenters. The number of hydrogen-bond donors (Lipinski definition) is 14. The molecular weight excluding hydrogens is 624 g/mol. The average Bonchev–Trinajstić information content (AvgIpc) is 3.03. The van der Waals surface area contributed by atoms with Crippen molar-refractivity contribution in [3.8, 4) is 0 Å². The van der Waals surface area contributed by atoms with Gasteiger partial charge in [-0.25, -0.2) is 0 Å². The zero-order chi connectivity index (χ0) is 33.3. The topological polar surface area (TPSA) is 348 Å². The molecule has 0 aromatic heterocycles. The molecule has 0 bridgehead atoms. The van der Waals surface area contributed by atoms with Gasteiger partial charge in [-0.3, -0.25) is 0 Å². The molecule has 264 valence electrons. The summed E-state index contributed by atoms with van der Waals surface area (Å²) in [5.74, 6) is 0. The second-order valence-corrected chi connectivity index (χ2v) is 11.2. The highest BCUT2D eigenvalue weighted by atomic mass is 16.8. The smallest absolute Gasteiger partial charge is 0.187 e. The highest BCUT2D eigenvalue weighted by molar-refractivity contribution is 4.96. The van der Waals surface area contributed by atoms with Crippen LogP contribution < -0.4 is 0 Å². The molecule has 0 aromatic rings. The van der Waals surface area contributed by atoms with Crippen molar-refractivity contribution in [2.24, 2.45) is 0 Å². The van der Waals surface area contributed by atoms with E-state index in [0.717, 1.165) is 0 Å². The lowest BCUT2D eigenvalue weighted by molar-refractivity contribution is -0.371. The third-order valence-electron chi connectivity index (χ3n) is 8.18. The van der Waals surface area contributed by atoms with Crippen LogP contribution in [0.5, 0.6) is 0 Å². The molecule has 4 aliphatic heterocycles. The molecule has 0 amide bonds. The molecule has 4 fully saturated rings. The van der Waals surface area contributed by atoms with Crippen LogP contribution in [0.1, 0.15) is 0 Å². The van der Waals surface area contributed by atoms with Crippen molar-refractivity contribution in [2.75, 3.05) is 26.4 Å². The van der Waals surface area contributed by atoms with Gasteiger partial charge in [-0.15, -0.1) is 0 Å². The van der Waals surface area contributed by atoms with Gasteiger partial charge in [0, 0.05) is 0 Å². The molecule has 4 heterocycles. The fraction of sp³-hybridized carbons (Fsp3) is 1.00. The molecular formula is C24H42O21. The highest BCUT2D eigenvalue weighted by Crippen LogP contribution is 2.32. The van der Waals surface area contributed by atoms with Gasteiger partial charge in [-0.2, -0.15) is 0 Å². The first-order valence-corrected chi connectivity index (χ1v) is 14.1. The molecule has 21 nitrogen and oxygen atoms in total. The van der Waals surface area contributed by atoms with Crippen LogP contribution >= 0.6 is 0 Å². The van der Waals surface area contributed by atoms with Crippen LogP contribution in [-0.2, 0) is 33.2 Å². The fourth-order valence-electron chi connectivity index (χ4n) is 5.44. The van der Waals surface area contributed by atoms with Crippen LogP contribution in [0.3, 0.4) is 0 Å². The summed E-state index contributed by atoms with van der Waals surface area (Å²) in [6.07, 6.45) is -34.8. The van der Waals surface area contributed by atoms with E-state index in [1.165, 1.54) is 0 Å². The molecule has 0 spiro atoms. The van der Waals surface area contributed by atoms with Crippen molar-refractivity contribution in [3.63, 3.8) is 0 Å². The lowest BCUT2D eigenvalue weighted by atomic mass is 9.96. The Hall–Kier alpha value is -0.840. The monoisotopic (exact) mass is 666 g/mol. The lowest BCUT2D eigenvalue weighted by Gasteiger charge is -2.47. The Morgan fingerprint density at radius 1 is 0.378 bits per heavy atom. The van der Waals surface area contributed by atoms with Crippen molar-refractivity contribution in [1.29, 1.82) is 0 Å². The third-order valence-corrected chi connectivity index (χ3v) is 8.18. The van der Waals surface area contributed by atoms with Crippen molar-refractivity contribution < 1.29 is 105 Å². The first kappa shape index (κ1) is 37.0. The van der Waals surface area contributed by atoms with Gasteiger partial charge in [0.15, 0.2) is 25.2 Å². The van der Waals surface area contributed by atoms with Gasteiger partial charge < -0.3 is 105 Å². The quantitative estimate of drug-likeness (QED) is 0.103. The van der Waals surface area contributed by atoms with Crippen molar-refractivity contribution >= 4 is 0 Å². The SMILES string of the molecule is OC[C@H]1O[C@H](O[C@H]2[C@H](O)[C@@H](O)[C@H](OC[C@H]3O[C@H](O[C@H]4[C@H](O)[C@@H](O)C(O)O[C@@H]4CO)[C@H](O)[C@@H](O)[C@@H]3O)O[C@@H]2CO)[C@H](O)[C@@H](O)[C@@H]1O. The Balaban J connectivity index is 1.39. The van der Waals surface area contributed by atoms with Crippen molar-refractivity contribution in [1.82, 2.24) is 0 Å². The Kier molecular flexibility index (Phi) is 12.8. The molecule has 0 aliphatic carbocycles. The van der Waals surface area contributed by atoms with Gasteiger partial charge in [0.1, 0.15) is 97.7 Å².